The molecule has 0 aromatic heterocycles. The number of phenols is 1. The molecule has 1 aliphatic rings. The van der Waals surface area contributed by atoms with Crippen LogP contribution >= 0.6 is 0 Å². The van der Waals surface area contributed by atoms with Crippen LogP contribution in [0.1, 0.15) is 49.0 Å². The number of phenolic OH excluding ortho intramolecular Hbond substituents is 1. The van der Waals surface area contributed by atoms with Crippen molar-refractivity contribution in [3.8, 4) is 5.75 Å². The third-order valence-electron chi connectivity index (χ3n) is 3.98. The van der Waals surface area contributed by atoms with Crippen LogP contribution < -0.4 is 0 Å². The Kier molecular flexibility index (Phi) is 3.75. The summed E-state index contributed by atoms with van der Waals surface area (Å²) in [5, 5.41) is 28.5. The van der Waals surface area contributed by atoms with Crippen molar-refractivity contribution in [2.45, 2.75) is 44.3 Å². The fourth-order valence-corrected chi connectivity index (χ4v) is 2.86. The van der Waals surface area contributed by atoms with Crippen molar-refractivity contribution in [3.63, 3.8) is 0 Å². The molecule has 1 heterocycles. The zero-order chi connectivity index (χ0) is 15.0. The maximum Gasteiger partial charge on any atom is 0.335 e. The highest BCUT2D eigenvalue weighted by atomic mass is 16.5. The van der Waals surface area contributed by atoms with Crippen LogP contribution in [-0.2, 0) is 10.3 Å². The number of hydrogen-bond donors (Lipinski definition) is 3. The van der Waals surface area contributed by atoms with Gasteiger partial charge in [0.2, 0.25) is 0 Å². The molecule has 20 heavy (non-hydrogen) atoms. The van der Waals surface area contributed by atoms with Crippen molar-refractivity contribution < 1.29 is 24.9 Å². The molecule has 1 aromatic rings. The van der Waals surface area contributed by atoms with E-state index in [9.17, 15) is 15.0 Å². The Morgan fingerprint density at radius 3 is 2.60 bits per heavy atom. The Balaban J connectivity index is 2.37. The molecular formula is C15H20O5. The highest BCUT2D eigenvalue weighted by Gasteiger charge is 2.42. The molecule has 1 saturated heterocycles. The lowest BCUT2D eigenvalue weighted by molar-refractivity contribution is -0.195. The fourth-order valence-electron chi connectivity index (χ4n) is 2.86. The van der Waals surface area contributed by atoms with Gasteiger partial charge < -0.3 is 20.1 Å². The van der Waals surface area contributed by atoms with E-state index in [0.29, 0.717) is 12.0 Å². The lowest BCUT2D eigenvalue weighted by Crippen LogP contribution is -2.45. The average Bonchev–Trinajstić information content (AvgIpc) is 2.38. The molecule has 1 fully saturated rings. The van der Waals surface area contributed by atoms with Crippen LogP contribution in [0.3, 0.4) is 0 Å². The summed E-state index contributed by atoms with van der Waals surface area (Å²) in [6, 6.07) is 4.27. The number of aliphatic hydroxyl groups excluding tert-OH is 1. The Hall–Kier alpha value is -1.59. The minimum atomic E-state index is -1.08. The normalized spacial score (nSPS) is 30.1. The van der Waals surface area contributed by atoms with E-state index < -0.39 is 17.2 Å². The predicted octanol–water partition coefficient (Wildman–Crippen LogP) is 2.26. The van der Waals surface area contributed by atoms with Crippen LogP contribution in [0.2, 0.25) is 0 Å². The van der Waals surface area contributed by atoms with Gasteiger partial charge in [0.25, 0.3) is 0 Å². The zero-order valence-corrected chi connectivity index (χ0v) is 11.7. The zero-order valence-electron chi connectivity index (χ0n) is 11.7. The smallest absolute Gasteiger partial charge is 0.335 e. The Morgan fingerprint density at radius 2 is 2.05 bits per heavy atom. The number of aromatic hydroxyl groups is 1. The third kappa shape index (κ3) is 2.64. The maximum atomic E-state index is 10.9. The van der Waals surface area contributed by atoms with Gasteiger partial charge in [-0.1, -0.05) is 6.07 Å². The number of carboxylic acids is 1. The summed E-state index contributed by atoms with van der Waals surface area (Å²) in [6.45, 7) is 3.61. The van der Waals surface area contributed by atoms with Gasteiger partial charge in [-0.3, -0.25) is 0 Å². The molecule has 5 nitrogen and oxygen atoms in total. The second-order valence-electron chi connectivity index (χ2n) is 5.83. The molecule has 0 radical (unpaired) electrons. The molecule has 0 amide bonds. The summed E-state index contributed by atoms with van der Waals surface area (Å²) in [5.74, 6) is -1.17. The maximum absolute atomic E-state index is 10.9. The van der Waals surface area contributed by atoms with Gasteiger partial charge in [0.05, 0.1) is 23.4 Å². The molecule has 2 rings (SSSR count). The first-order valence-corrected chi connectivity index (χ1v) is 6.67. The van der Waals surface area contributed by atoms with Gasteiger partial charge in [-0.15, -0.1) is 0 Å². The lowest BCUT2D eigenvalue weighted by atomic mass is 9.82. The second-order valence-corrected chi connectivity index (χ2v) is 5.83. The van der Waals surface area contributed by atoms with E-state index in [-0.39, 0.29) is 17.9 Å². The van der Waals surface area contributed by atoms with E-state index in [4.69, 9.17) is 9.84 Å². The van der Waals surface area contributed by atoms with Crippen molar-refractivity contribution in [2.75, 3.05) is 6.61 Å². The van der Waals surface area contributed by atoms with E-state index in [0.717, 1.165) is 12.8 Å². The number of benzene rings is 1. The molecule has 0 aliphatic carbocycles. The van der Waals surface area contributed by atoms with Gasteiger partial charge in [0.1, 0.15) is 5.75 Å². The average molecular weight is 280 g/mol. The second kappa shape index (κ2) is 5.07. The van der Waals surface area contributed by atoms with Crippen molar-refractivity contribution in [1.29, 1.82) is 0 Å². The van der Waals surface area contributed by atoms with Gasteiger partial charge in [0.15, 0.2) is 0 Å². The van der Waals surface area contributed by atoms with Crippen LogP contribution in [0.15, 0.2) is 18.2 Å². The fraction of sp³-hybridized carbons (Fsp3) is 0.533. The first kappa shape index (κ1) is 14.8. The summed E-state index contributed by atoms with van der Waals surface area (Å²) in [6.07, 6.45) is 2.34. The standard InChI is InChI=1S/C15H20O5/c1-14(9-16)6-3-7-15(2,20-14)11-5-4-10(13(18)19)8-12(11)17/h4-5,8,16-17H,3,6-7,9H2,1-2H3,(H,18,19)/t14-,15+/m1/s1. The summed E-state index contributed by atoms with van der Waals surface area (Å²) in [5.41, 5.74) is -0.765. The molecule has 1 aromatic carbocycles. The van der Waals surface area contributed by atoms with Crippen LogP contribution in [0.5, 0.6) is 5.75 Å². The monoisotopic (exact) mass is 280 g/mol. The third-order valence-corrected chi connectivity index (χ3v) is 3.98. The Labute approximate surface area is 117 Å². The minimum absolute atomic E-state index is 0.0376. The Morgan fingerprint density at radius 1 is 1.35 bits per heavy atom. The molecule has 3 N–H and O–H groups in total. The molecule has 0 bridgehead atoms. The van der Waals surface area contributed by atoms with Crippen molar-refractivity contribution >= 4 is 5.97 Å². The summed E-state index contributed by atoms with van der Waals surface area (Å²) >= 11 is 0. The van der Waals surface area contributed by atoms with Crippen LogP contribution in [0, 0.1) is 0 Å². The Bertz CT molecular complexity index is 527. The van der Waals surface area contributed by atoms with Crippen LogP contribution in [-0.4, -0.2) is 33.5 Å². The van der Waals surface area contributed by atoms with E-state index >= 15 is 0 Å². The van der Waals surface area contributed by atoms with E-state index in [2.05, 4.69) is 0 Å². The molecule has 1 aliphatic heterocycles. The molecule has 0 saturated carbocycles. The molecule has 5 heteroatoms. The molecule has 2 atom stereocenters. The number of carboxylic acid groups (broad SMARTS) is 1. The number of carbonyl (C=O) groups is 1. The number of aliphatic hydroxyl groups is 1. The first-order valence-electron chi connectivity index (χ1n) is 6.67. The first-order chi connectivity index (χ1) is 9.30. The minimum Gasteiger partial charge on any atom is -0.508 e. The number of hydrogen-bond acceptors (Lipinski definition) is 4. The van der Waals surface area contributed by atoms with Gasteiger partial charge in [-0.2, -0.15) is 0 Å². The van der Waals surface area contributed by atoms with E-state index in [1.54, 1.807) is 6.07 Å². The summed E-state index contributed by atoms with van der Waals surface area (Å²) in [7, 11) is 0. The number of rotatable bonds is 3. The SMILES string of the molecule is C[C@]1(CO)CCC[C@@](C)(c2ccc(C(=O)O)cc2O)O1. The largest absolute Gasteiger partial charge is 0.508 e. The van der Waals surface area contributed by atoms with Gasteiger partial charge >= 0.3 is 5.97 Å². The van der Waals surface area contributed by atoms with Gasteiger partial charge in [-0.05, 0) is 45.2 Å². The van der Waals surface area contributed by atoms with E-state index in [1.165, 1.54) is 12.1 Å². The number of aromatic carboxylic acids is 1. The van der Waals surface area contributed by atoms with Gasteiger partial charge in [0, 0.05) is 5.56 Å². The van der Waals surface area contributed by atoms with Crippen LogP contribution in [0.4, 0.5) is 0 Å². The number of ether oxygens (including phenoxy) is 1. The molecule has 110 valence electrons. The van der Waals surface area contributed by atoms with Gasteiger partial charge in [-0.25, -0.2) is 4.79 Å². The summed E-state index contributed by atoms with van der Waals surface area (Å²) in [4.78, 5) is 10.9. The van der Waals surface area contributed by atoms with E-state index in [1.807, 2.05) is 13.8 Å². The topological polar surface area (TPSA) is 87.0 Å². The highest BCUT2D eigenvalue weighted by molar-refractivity contribution is 5.88. The highest BCUT2D eigenvalue weighted by Crippen LogP contribution is 2.44. The van der Waals surface area contributed by atoms with Crippen LogP contribution in [0.25, 0.3) is 0 Å². The van der Waals surface area contributed by atoms with Crippen molar-refractivity contribution in [1.82, 2.24) is 0 Å². The molecule has 0 spiro atoms. The summed E-state index contributed by atoms with van der Waals surface area (Å²) < 4.78 is 6.02. The van der Waals surface area contributed by atoms with Crippen molar-refractivity contribution in [2.24, 2.45) is 0 Å². The lowest BCUT2D eigenvalue weighted by Gasteiger charge is -2.44. The van der Waals surface area contributed by atoms with Crippen molar-refractivity contribution in [3.05, 3.63) is 29.3 Å². The molecular weight excluding hydrogens is 260 g/mol. The quantitative estimate of drug-likeness (QED) is 0.790. The predicted molar refractivity (Wildman–Crippen MR) is 72.8 cm³/mol. The molecule has 0 unspecified atom stereocenters.